The lowest BCUT2D eigenvalue weighted by Gasteiger charge is -2.22. The Hall–Kier alpha value is -1.36. The summed E-state index contributed by atoms with van der Waals surface area (Å²) in [6, 6.07) is 0. The predicted octanol–water partition coefficient (Wildman–Crippen LogP) is 0.191. The minimum absolute atomic E-state index is 0.311. The molecule has 2 rings (SSSR count). The van der Waals surface area contributed by atoms with Crippen molar-refractivity contribution in [1.82, 2.24) is 9.78 Å². The van der Waals surface area contributed by atoms with E-state index in [4.69, 9.17) is 10.5 Å². The van der Waals surface area contributed by atoms with Gasteiger partial charge in [-0.1, -0.05) is 0 Å². The molecule has 0 saturated heterocycles. The maximum Gasteiger partial charge on any atom is 0.341 e. The van der Waals surface area contributed by atoms with Crippen molar-refractivity contribution in [2.75, 3.05) is 13.7 Å². The highest BCUT2D eigenvalue weighted by molar-refractivity contribution is 5.90. The first-order chi connectivity index (χ1) is 7.26. The SMILES string of the molecule is COC(=O)c1cnn2c1CC(CN)CC2. The van der Waals surface area contributed by atoms with Crippen LogP contribution in [0.15, 0.2) is 6.20 Å². The monoisotopic (exact) mass is 209 g/mol. The second kappa shape index (κ2) is 4.02. The molecule has 1 aromatic heterocycles. The first kappa shape index (κ1) is 10.2. The van der Waals surface area contributed by atoms with Crippen LogP contribution in [0.4, 0.5) is 0 Å². The summed E-state index contributed by atoms with van der Waals surface area (Å²) in [5.41, 5.74) is 7.18. The second-order valence-electron chi connectivity index (χ2n) is 3.81. The van der Waals surface area contributed by atoms with Gasteiger partial charge >= 0.3 is 5.97 Å². The lowest BCUT2D eigenvalue weighted by atomic mass is 9.95. The molecule has 0 aromatic carbocycles. The summed E-state index contributed by atoms with van der Waals surface area (Å²) in [6.45, 7) is 1.50. The van der Waals surface area contributed by atoms with Gasteiger partial charge in [-0.2, -0.15) is 5.10 Å². The molecule has 2 N–H and O–H groups in total. The molecule has 1 aromatic rings. The summed E-state index contributed by atoms with van der Waals surface area (Å²) >= 11 is 0. The molecule has 0 aliphatic carbocycles. The molecule has 0 saturated carbocycles. The molecule has 0 radical (unpaired) electrons. The van der Waals surface area contributed by atoms with E-state index >= 15 is 0 Å². The Bertz CT molecular complexity index is 373. The van der Waals surface area contributed by atoms with Gasteiger partial charge in [0.15, 0.2) is 0 Å². The largest absolute Gasteiger partial charge is 0.465 e. The van der Waals surface area contributed by atoms with Crippen LogP contribution >= 0.6 is 0 Å². The van der Waals surface area contributed by atoms with Gasteiger partial charge in [0.05, 0.1) is 19.0 Å². The summed E-state index contributed by atoms with van der Waals surface area (Å²) in [4.78, 5) is 11.4. The lowest BCUT2D eigenvalue weighted by molar-refractivity contribution is 0.0598. The van der Waals surface area contributed by atoms with Crippen LogP contribution in [-0.2, 0) is 17.7 Å². The zero-order valence-electron chi connectivity index (χ0n) is 8.77. The van der Waals surface area contributed by atoms with Crippen molar-refractivity contribution in [2.45, 2.75) is 19.4 Å². The number of fused-ring (bicyclic) bond motifs is 1. The number of rotatable bonds is 2. The number of carbonyl (C=O) groups excluding carboxylic acids is 1. The molecule has 1 aliphatic rings. The summed E-state index contributed by atoms with van der Waals surface area (Å²) in [5.74, 6) is 0.145. The third-order valence-electron chi connectivity index (χ3n) is 2.92. The number of methoxy groups -OCH3 is 1. The molecule has 1 unspecified atom stereocenters. The van der Waals surface area contributed by atoms with E-state index < -0.39 is 0 Å². The van der Waals surface area contributed by atoms with Gasteiger partial charge < -0.3 is 10.5 Å². The van der Waals surface area contributed by atoms with E-state index in [1.807, 2.05) is 4.68 Å². The summed E-state index contributed by atoms with van der Waals surface area (Å²) in [7, 11) is 1.38. The molecular formula is C10H15N3O2. The quantitative estimate of drug-likeness (QED) is 0.706. The third kappa shape index (κ3) is 1.74. The fraction of sp³-hybridized carbons (Fsp3) is 0.600. The van der Waals surface area contributed by atoms with Crippen LogP contribution < -0.4 is 5.73 Å². The van der Waals surface area contributed by atoms with E-state index in [2.05, 4.69) is 5.10 Å². The van der Waals surface area contributed by atoms with E-state index in [9.17, 15) is 4.79 Å². The van der Waals surface area contributed by atoms with Gasteiger partial charge in [-0.05, 0) is 25.3 Å². The number of esters is 1. The number of hydrogen-bond donors (Lipinski definition) is 1. The van der Waals surface area contributed by atoms with Crippen molar-refractivity contribution in [2.24, 2.45) is 11.7 Å². The zero-order valence-corrected chi connectivity index (χ0v) is 8.77. The second-order valence-corrected chi connectivity index (χ2v) is 3.81. The highest BCUT2D eigenvalue weighted by Gasteiger charge is 2.24. The topological polar surface area (TPSA) is 70.1 Å². The van der Waals surface area contributed by atoms with Crippen LogP contribution in [0.2, 0.25) is 0 Å². The maximum atomic E-state index is 11.4. The number of carbonyl (C=O) groups is 1. The van der Waals surface area contributed by atoms with Gasteiger partial charge in [0.1, 0.15) is 5.56 Å². The van der Waals surface area contributed by atoms with Crippen molar-refractivity contribution in [3.8, 4) is 0 Å². The number of aryl methyl sites for hydroxylation is 1. The summed E-state index contributed by atoms with van der Waals surface area (Å²) in [5, 5.41) is 4.17. The lowest BCUT2D eigenvalue weighted by Crippen LogP contribution is -2.26. The Morgan fingerprint density at radius 1 is 1.80 bits per heavy atom. The van der Waals surface area contributed by atoms with Gasteiger partial charge in [-0.25, -0.2) is 4.79 Å². The van der Waals surface area contributed by atoms with Crippen molar-refractivity contribution >= 4 is 5.97 Å². The minimum atomic E-state index is -0.311. The number of aromatic nitrogens is 2. The van der Waals surface area contributed by atoms with Crippen LogP contribution in [0.25, 0.3) is 0 Å². The van der Waals surface area contributed by atoms with Crippen LogP contribution in [0.1, 0.15) is 22.5 Å². The standard InChI is InChI=1S/C10H15N3O2/c1-15-10(14)8-6-12-13-3-2-7(5-11)4-9(8)13/h6-7H,2-5,11H2,1H3. The van der Waals surface area contributed by atoms with E-state index in [1.54, 1.807) is 6.20 Å². The third-order valence-corrected chi connectivity index (χ3v) is 2.92. The van der Waals surface area contributed by atoms with Gasteiger partial charge in [0.25, 0.3) is 0 Å². The van der Waals surface area contributed by atoms with E-state index in [-0.39, 0.29) is 5.97 Å². The van der Waals surface area contributed by atoms with Gasteiger partial charge in [-0.15, -0.1) is 0 Å². The van der Waals surface area contributed by atoms with Crippen LogP contribution in [-0.4, -0.2) is 29.4 Å². The molecular weight excluding hydrogens is 194 g/mol. The van der Waals surface area contributed by atoms with Gasteiger partial charge in [0.2, 0.25) is 0 Å². The fourth-order valence-corrected chi connectivity index (χ4v) is 1.98. The molecule has 0 fully saturated rings. The molecule has 0 spiro atoms. The van der Waals surface area contributed by atoms with E-state index in [0.29, 0.717) is 18.0 Å². The molecule has 5 nitrogen and oxygen atoms in total. The van der Waals surface area contributed by atoms with Crippen LogP contribution in [0.5, 0.6) is 0 Å². The molecule has 1 atom stereocenters. The van der Waals surface area contributed by atoms with Crippen LogP contribution in [0, 0.1) is 5.92 Å². The van der Waals surface area contributed by atoms with Crippen LogP contribution in [0.3, 0.4) is 0 Å². The highest BCUT2D eigenvalue weighted by Crippen LogP contribution is 2.22. The summed E-state index contributed by atoms with van der Waals surface area (Å²) < 4.78 is 6.58. The Labute approximate surface area is 88.2 Å². The molecule has 0 amide bonds. The maximum absolute atomic E-state index is 11.4. The van der Waals surface area contributed by atoms with E-state index in [1.165, 1.54) is 7.11 Å². The van der Waals surface area contributed by atoms with Gasteiger partial charge in [-0.3, -0.25) is 4.68 Å². The Morgan fingerprint density at radius 3 is 3.27 bits per heavy atom. The van der Waals surface area contributed by atoms with Crippen molar-refractivity contribution in [3.05, 3.63) is 17.5 Å². The van der Waals surface area contributed by atoms with Crippen molar-refractivity contribution in [1.29, 1.82) is 0 Å². The average molecular weight is 209 g/mol. The van der Waals surface area contributed by atoms with Crippen molar-refractivity contribution < 1.29 is 9.53 Å². The summed E-state index contributed by atoms with van der Waals surface area (Å²) in [6.07, 6.45) is 3.44. The number of nitrogens with two attached hydrogens (primary N) is 1. The van der Waals surface area contributed by atoms with E-state index in [0.717, 1.165) is 25.1 Å². The predicted molar refractivity (Wildman–Crippen MR) is 54.4 cm³/mol. The minimum Gasteiger partial charge on any atom is -0.465 e. The molecule has 15 heavy (non-hydrogen) atoms. The van der Waals surface area contributed by atoms with Gasteiger partial charge in [0, 0.05) is 6.54 Å². The zero-order chi connectivity index (χ0) is 10.8. The molecule has 5 heteroatoms. The Kier molecular flexibility index (Phi) is 2.73. The number of hydrogen-bond acceptors (Lipinski definition) is 4. The smallest absolute Gasteiger partial charge is 0.341 e. The first-order valence-corrected chi connectivity index (χ1v) is 5.09. The number of ether oxygens (including phenoxy) is 1. The molecule has 2 heterocycles. The normalized spacial score (nSPS) is 19.7. The Balaban J connectivity index is 2.29. The fourth-order valence-electron chi connectivity index (χ4n) is 1.98. The molecule has 0 bridgehead atoms. The van der Waals surface area contributed by atoms with Crippen molar-refractivity contribution in [3.63, 3.8) is 0 Å². The average Bonchev–Trinajstić information content (AvgIpc) is 2.70. The first-order valence-electron chi connectivity index (χ1n) is 5.09. The molecule has 1 aliphatic heterocycles. The Morgan fingerprint density at radius 2 is 2.60 bits per heavy atom. The highest BCUT2D eigenvalue weighted by atomic mass is 16.5. The number of nitrogens with zero attached hydrogens (tertiary/aromatic N) is 2. The molecule has 82 valence electrons.